The molecular formula is C26H32N2O5. The Labute approximate surface area is 195 Å². The topological polar surface area (TPSA) is 68.3 Å². The van der Waals surface area contributed by atoms with Gasteiger partial charge in [0.1, 0.15) is 5.75 Å². The number of methoxy groups -OCH3 is 1. The van der Waals surface area contributed by atoms with Crippen molar-refractivity contribution in [3.63, 3.8) is 0 Å². The van der Waals surface area contributed by atoms with Gasteiger partial charge in [0.05, 0.1) is 38.9 Å². The van der Waals surface area contributed by atoms with E-state index >= 15 is 0 Å². The smallest absolute Gasteiger partial charge is 0.242 e. The average molecular weight is 453 g/mol. The molecule has 2 heterocycles. The molecule has 7 heteroatoms. The fraction of sp³-hybridized carbons (Fsp3) is 0.462. The molecule has 0 unspecified atom stereocenters. The van der Waals surface area contributed by atoms with Crippen molar-refractivity contribution in [2.45, 2.75) is 25.6 Å². The molecule has 2 aromatic rings. The summed E-state index contributed by atoms with van der Waals surface area (Å²) < 4.78 is 17.0. The van der Waals surface area contributed by atoms with E-state index in [4.69, 9.17) is 14.2 Å². The van der Waals surface area contributed by atoms with Gasteiger partial charge in [0.15, 0.2) is 0 Å². The molecular weight excluding hydrogens is 420 g/mol. The van der Waals surface area contributed by atoms with Crippen LogP contribution in [0.25, 0.3) is 0 Å². The van der Waals surface area contributed by atoms with Crippen LogP contribution >= 0.6 is 0 Å². The Morgan fingerprint density at radius 2 is 1.91 bits per heavy atom. The van der Waals surface area contributed by atoms with Crippen molar-refractivity contribution >= 4 is 11.8 Å². The monoisotopic (exact) mass is 452 g/mol. The van der Waals surface area contributed by atoms with Crippen LogP contribution in [0.5, 0.6) is 5.75 Å². The highest BCUT2D eigenvalue weighted by Gasteiger charge is 2.35. The number of carbonyl (C=O) groups excluding carboxylic acids is 2. The van der Waals surface area contributed by atoms with E-state index in [0.29, 0.717) is 45.9 Å². The number of benzene rings is 2. The van der Waals surface area contributed by atoms with Gasteiger partial charge in [0.2, 0.25) is 11.8 Å². The van der Waals surface area contributed by atoms with Crippen LogP contribution < -0.4 is 4.74 Å². The molecule has 0 radical (unpaired) electrons. The van der Waals surface area contributed by atoms with E-state index in [1.54, 1.807) is 12.0 Å². The summed E-state index contributed by atoms with van der Waals surface area (Å²) in [4.78, 5) is 29.7. The molecule has 7 nitrogen and oxygen atoms in total. The van der Waals surface area contributed by atoms with Crippen molar-refractivity contribution in [2.24, 2.45) is 5.92 Å². The van der Waals surface area contributed by atoms with Crippen molar-refractivity contribution in [1.82, 2.24) is 9.80 Å². The molecule has 176 valence electrons. The molecule has 0 spiro atoms. The van der Waals surface area contributed by atoms with E-state index in [-0.39, 0.29) is 30.4 Å². The number of amides is 2. The molecule has 0 aromatic heterocycles. The Morgan fingerprint density at radius 3 is 2.67 bits per heavy atom. The quantitative estimate of drug-likeness (QED) is 0.616. The Balaban J connectivity index is 1.45. The van der Waals surface area contributed by atoms with E-state index < -0.39 is 0 Å². The van der Waals surface area contributed by atoms with Gasteiger partial charge in [-0.15, -0.1) is 0 Å². The first-order valence-corrected chi connectivity index (χ1v) is 11.5. The van der Waals surface area contributed by atoms with Crippen molar-refractivity contribution in [1.29, 1.82) is 0 Å². The number of hydrogen-bond acceptors (Lipinski definition) is 5. The van der Waals surface area contributed by atoms with Crippen LogP contribution in [0.2, 0.25) is 0 Å². The van der Waals surface area contributed by atoms with E-state index in [1.807, 2.05) is 47.4 Å². The van der Waals surface area contributed by atoms with E-state index in [0.717, 1.165) is 17.7 Å². The number of nitrogens with zero attached hydrogens (tertiary/aromatic N) is 2. The summed E-state index contributed by atoms with van der Waals surface area (Å²) in [6.45, 7) is 2.94. The van der Waals surface area contributed by atoms with E-state index in [9.17, 15) is 9.59 Å². The van der Waals surface area contributed by atoms with Crippen LogP contribution in [-0.2, 0) is 32.1 Å². The zero-order valence-electron chi connectivity index (χ0n) is 19.2. The van der Waals surface area contributed by atoms with Gasteiger partial charge in [0, 0.05) is 26.2 Å². The summed E-state index contributed by atoms with van der Waals surface area (Å²) in [7, 11) is 1.64. The number of ether oxygens (including phenoxy) is 3. The van der Waals surface area contributed by atoms with Gasteiger partial charge in [-0.25, -0.2) is 0 Å². The average Bonchev–Trinajstić information content (AvgIpc) is 3.34. The van der Waals surface area contributed by atoms with Crippen LogP contribution in [0.4, 0.5) is 0 Å². The minimum Gasteiger partial charge on any atom is -0.497 e. The number of hydrogen-bond donors (Lipinski definition) is 0. The minimum atomic E-state index is -0.273. The summed E-state index contributed by atoms with van der Waals surface area (Å²) in [5.74, 6) is 0.550. The normalized spacial score (nSPS) is 21.2. The Hall–Kier alpha value is -2.90. The first-order valence-electron chi connectivity index (χ1n) is 11.5. The maximum Gasteiger partial charge on any atom is 0.242 e. The lowest BCUT2D eigenvalue weighted by atomic mass is 10.1. The molecule has 4 rings (SSSR count). The third kappa shape index (κ3) is 6.33. The zero-order chi connectivity index (χ0) is 23.0. The van der Waals surface area contributed by atoms with Gasteiger partial charge in [-0.1, -0.05) is 42.5 Å². The largest absolute Gasteiger partial charge is 0.497 e. The maximum atomic E-state index is 13.1. The van der Waals surface area contributed by atoms with Gasteiger partial charge in [-0.05, 0) is 36.1 Å². The molecule has 2 aromatic carbocycles. The summed E-state index contributed by atoms with van der Waals surface area (Å²) >= 11 is 0. The highest BCUT2D eigenvalue weighted by molar-refractivity contribution is 5.86. The van der Waals surface area contributed by atoms with Gasteiger partial charge in [-0.2, -0.15) is 0 Å². The second kappa shape index (κ2) is 11.3. The Morgan fingerprint density at radius 1 is 1.09 bits per heavy atom. The van der Waals surface area contributed by atoms with Crippen LogP contribution in [0.1, 0.15) is 17.5 Å². The zero-order valence-corrected chi connectivity index (χ0v) is 19.2. The molecule has 0 N–H and O–H groups in total. The second-order valence-corrected chi connectivity index (χ2v) is 8.64. The Bertz CT molecular complexity index is 929. The predicted molar refractivity (Wildman–Crippen MR) is 124 cm³/mol. The van der Waals surface area contributed by atoms with Gasteiger partial charge in [-0.3, -0.25) is 9.59 Å². The minimum absolute atomic E-state index is 0.0132. The molecule has 2 saturated heterocycles. The maximum absolute atomic E-state index is 13.1. The molecule has 2 amide bonds. The van der Waals surface area contributed by atoms with Crippen molar-refractivity contribution in [2.75, 3.05) is 46.5 Å². The van der Waals surface area contributed by atoms with Gasteiger partial charge >= 0.3 is 0 Å². The molecule has 2 aliphatic heterocycles. The SMILES string of the molecule is COc1cccc(CO[C@H]2CN(CCc3ccccc3)C(=O)CN(C(=O)[C@H]3CCOC3)C2)c1. The molecule has 0 bridgehead atoms. The second-order valence-electron chi connectivity index (χ2n) is 8.64. The highest BCUT2D eigenvalue weighted by Crippen LogP contribution is 2.20. The lowest BCUT2D eigenvalue weighted by Crippen LogP contribution is -2.43. The Kier molecular flexibility index (Phi) is 7.96. The third-order valence-corrected chi connectivity index (χ3v) is 6.25. The summed E-state index contributed by atoms with van der Waals surface area (Å²) in [6.07, 6.45) is 1.19. The molecule has 0 aliphatic carbocycles. The fourth-order valence-corrected chi connectivity index (χ4v) is 4.34. The molecule has 2 fully saturated rings. The van der Waals surface area contributed by atoms with Gasteiger partial charge in [0.25, 0.3) is 0 Å². The lowest BCUT2D eigenvalue weighted by molar-refractivity contribution is -0.141. The number of rotatable bonds is 8. The molecule has 33 heavy (non-hydrogen) atoms. The van der Waals surface area contributed by atoms with Crippen molar-refractivity contribution < 1.29 is 23.8 Å². The fourth-order valence-electron chi connectivity index (χ4n) is 4.34. The third-order valence-electron chi connectivity index (χ3n) is 6.25. The van der Waals surface area contributed by atoms with Gasteiger partial charge < -0.3 is 24.0 Å². The van der Waals surface area contributed by atoms with Crippen molar-refractivity contribution in [3.8, 4) is 5.75 Å². The summed E-state index contributed by atoms with van der Waals surface area (Å²) in [5, 5.41) is 0. The van der Waals surface area contributed by atoms with Crippen molar-refractivity contribution in [3.05, 3.63) is 65.7 Å². The summed E-state index contributed by atoms with van der Waals surface area (Å²) in [5.41, 5.74) is 2.17. The molecule has 2 atom stereocenters. The lowest BCUT2D eigenvalue weighted by Gasteiger charge is -2.26. The first kappa shape index (κ1) is 23.3. The van der Waals surface area contributed by atoms with Crippen LogP contribution in [-0.4, -0.2) is 74.2 Å². The van der Waals surface area contributed by atoms with E-state index in [1.165, 1.54) is 5.56 Å². The van der Waals surface area contributed by atoms with E-state index in [2.05, 4.69) is 12.1 Å². The highest BCUT2D eigenvalue weighted by atomic mass is 16.5. The summed E-state index contributed by atoms with van der Waals surface area (Å²) in [6, 6.07) is 17.9. The molecule has 2 aliphatic rings. The number of carbonyl (C=O) groups is 2. The van der Waals surface area contributed by atoms with Crippen LogP contribution in [0, 0.1) is 5.92 Å². The van der Waals surface area contributed by atoms with Crippen LogP contribution in [0.3, 0.4) is 0 Å². The standard InChI is InChI=1S/C26H32N2O5/c1-31-23-9-5-8-21(14-23)18-33-24-15-27(12-10-20-6-3-2-4-7-20)25(29)17-28(16-24)26(30)22-11-13-32-19-22/h2-9,14,22,24H,10-13,15-19H2,1H3/t22-,24-/m0/s1. The van der Waals surface area contributed by atoms with Crippen LogP contribution in [0.15, 0.2) is 54.6 Å². The molecule has 0 saturated carbocycles. The predicted octanol–water partition coefficient (Wildman–Crippen LogP) is 2.53. The first-order chi connectivity index (χ1) is 16.1.